The molecule has 0 amide bonds. The summed E-state index contributed by atoms with van der Waals surface area (Å²) in [6.45, 7) is 12.8. The van der Waals surface area contributed by atoms with E-state index >= 15 is 0 Å². The number of hydrogen-bond acceptors (Lipinski definition) is 14. The van der Waals surface area contributed by atoms with Gasteiger partial charge in [-0.1, -0.05) is 26.3 Å². The Morgan fingerprint density at radius 1 is 0.822 bits per heavy atom. The van der Waals surface area contributed by atoms with Crippen LogP contribution in [0, 0.1) is 5.92 Å². The largest absolute Gasteiger partial charge is 0.390 e. The molecule has 2 rings (SSSR count). The maximum Gasteiger partial charge on any atom is 0.186 e. The standard InChI is InChI=1S/C31H58O14/c1-7-9-11-38-16-24(33)18-40-21(4)13-41-28-26(34)20(3)12-43-31(28)45-25-19-44-30(36-6)29(27(25)35)42-14-22(5)39-17-23(32)15-37-10-8-2/h8,20-35H,2,7,9-19H2,1,3-6H3/t20-,21?,22?,23?,24?,25?,26?,27?,28?,29?,30?,31?/m1/s1. The molecular formula is C31H58O14. The molecule has 11 unspecified atom stereocenters. The van der Waals surface area contributed by atoms with Crippen LogP contribution < -0.4 is 0 Å². The van der Waals surface area contributed by atoms with Crippen LogP contribution in [0.4, 0.5) is 0 Å². The summed E-state index contributed by atoms with van der Waals surface area (Å²) in [6.07, 6.45) is -5.43. The van der Waals surface area contributed by atoms with Crippen molar-refractivity contribution in [1.82, 2.24) is 0 Å². The van der Waals surface area contributed by atoms with Gasteiger partial charge in [0.05, 0.1) is 77.8 Å². The first-order valence-electron chi connectivity index (χ1n) is 16.0. The molecule has 12 atom stereocenters. The molecule has 0 spiro atoms. The Morgan fingerprint density at radius 2 is 1.40 bits per heavy atom. The second-order valence-corrected chi connectivity index (χ2v) is 11.7. The van der Waals surface area contributed by atoms with Gasteiger partial charge in [0, 0.05) is 19.6 Å². The Bertz CT molecular complexity index is 762. The van der Waals surface area contributed by atoms with Gasteiger partial charge >= 0.3 is 0 Å². The summed E-state index contributed by atoms with van der Waals surface area (Å²) >= 11 is 0. The fraction of sp³-hybridized carbons (Fsp3) is 0.935. The third kappa shape index (κ3) is 14.9. The van der Waals surface area contributed by atoms with Crippen molar-refractivity contribution in [2.24, 2.45) is 5.92 Å². The van der Waals surface area contributed by atoms with Crippen molar-refractivity contribution in [3.8, 4) is 0 Å². The van der Waals surface area contributed by atoms with Gasteiger partial charge in [0.1, 0.15) is 36.6 Å². The van der Waals surface area contributed by atoms with E-state index in [1.54, 1.807) is 19.9 Å². The minimum Gasteiger partial charge on any atom is -0.390 e. The molecule has 2 fully saturated rings. The molecular weight excluding hydrogens is 596 g/mol. The maximum atomic E-state index is 11.2. The Morgan fingerprint density at radius 3 is 1.98 bits per heavy atom. The van der Waals surface area contributed by atoms with Gasteiger partial charge in [-0.15, -0.1) is 6.58 Å². The van der Waals surface area contributed by atoms with Crippen molar-refractivity contribution in [2.75, 3.05) is 73.2 Å². The number of rotatable bonds is 24. The molecule has 0 aliphatic carbocycles. The molecule has 0 aromatic rings. The van der Waals surface area contributed by atoms with E-state index in [-0.39, 0.29) is 58.8 Å². The second-order valence-electron chi connectivity index (χ2n) is 11.7. The van der Waals surface area contributed by atoms with Gasteiger partial charge in [0.15, 0.2) is 12.6 Å². The fourth-order valence-corrected chi connectivity index (χ4v) is 4.64. The molecule has 0 radical (unpaired) electrons. The van der Waals surface area contributed by atoms with Crippen LogP contribution >= 0.6 is 0 Å². The lowest BCUT2D eigenvalue weighted by atomic mass is 9.97. The van der Waals surface area contributed by atoms with Crippen LogP contribution in [0.25, 0.3) is 0 Å². The Hall–Kier alpha value is -0.820. The zero-order valence-corrected chi connectivity index (χ0v) is 27.6. The summed E-state index contributed by atoms with van der Waals surface area (Å²) in [5.74, 6) is -0.219. The monoisotopic (exact) mass is 654 g/mol. The molecule has 0 aromatic carbocycles. The summed E-state index contributed by atoms with van der Waals surface area (Å²) in [4.78, 5) is 0. The van der Waals surface area contributed by atoms with Crippen molar-refractivity contribution in [1.29, 1.82) is 0 Å². The lowest BCUT2D eigenvalue weighted by Crippen LogP contribution is -2.59. The summed E-state index contributed by atoms with van der Waals surface area (Å²) in [5.41, 5.74) is 0. The van der Waals surface area contributed by atoms with E-state index in [1.165, 1.54) is 7.11 Å². The Labute approximate surface area is 267 Å². The molecule has 0 aromatic heterocycles. The van der Waals surface area contributed by atoms with Gasteiger partial charge in [-0.3, -0.25) is 0 Å². The molecule has 2 heterocycles. The van der Waals surface area contributed by atoms with Crippen molar-refractivity contribution >= 4 is 0 Å². The molecule has 2 saturated heterocycles. The molecule has 0 bridgehead atoms. The van der Waals surface area contributed by atoms with Crippen molar-refractivity contribution in [2.45, 2.75) is 108 Å². The predicted octanol–water partition coefficient (Wildman–Crippen LogP) is 0.410. The summed E-state index contributed by atoms with van der Waals surface area (Å²) < 4.78 is 57.1. The van der Waals surface area contributed by atoms with Crippen LogP contribution in [0.1, 0.15) is 40.5 Å². The smallest absolute Gasteiger partial charge is 0.186 e. The van der Waals surface area contributed by atoms with Gasteiger partial charge in [-0.2, -0.15) is 0 Å². The van der Waals surface area contributed by atoms with E-state index < -0.39 is 67.5 Å². The Kier molecular flexibility index (Phi) is 20.4. The number of aliphatic hydroxyl groups excluding tert-OH is 4. The number of hydrogen-bond donors (Lipinski definition) is 4. The van der Waals surface area contributed by atoms with E-state index in [4.69, 9.17) is 47.4 Å². The first-order valence-corrected chi connectivity index (χ1v) is 16.0. The topological polar surface area (TPSA) is 173 Å². The minimum absolute atomic E-state index is 0.0154. The molecule has 266 valence electrons. The van der Waals surface area contributed by atoms with Crippen LogP contribution in [-0.2, 0) is 47.4 Å². The van der Waals surface area contributed by atoms with Crippen LogP contribution in [-0.4, -0.2) is 161 Å². The number of ether oxygens (including phenoxy) is 10. The third-order valence-corrected chi connectivity index (χ3v) is 7.35. The van der Waals surface area contributed by atoms with Gasteiger partial charge in [-0.05, 0) is 20.3 Å². The quantitative estimate of drug-likeness (QED) is 0.0833. The van der Waals surface area contributed by atoms with Crippen LogP contribution in [0.5, 0.6) is 0 Å². The van der Waals surface area contributed by atoms with Crippen LogP contribution in [0.2, 0.25) is 0 Å². The third-order valence-electron chi connectivity index (χ3n) is 7.35. The van der Waals surface area contributed by atoms with E-state index in [2.05, 4.69) is 13.5 Å². The molecule has 4 N–H and O–H groups in total. The highest BCUT2D eigenvalue weighted by Gasteiger charge is 2.46. The van der Waals surface area contributed by atoms with Gasteiger partial charge in [0.2, 0.25) is 0 Å². The minimum atomic E-state index is -1.17. The number of aliphatic hydroxyl groups is 4. The molecule has 14 heteroatoms. The van der Waals surface area contributed by atoms with Crippen molar-refractivity contribution in [3.63, 3.8) is 0 Å². The highest BCUT2D eigenvalue weighted by Crippen LogP contribution is 2.28. The average Bonchev–Trinajstić information content (AvgIpc) is 3.02. The SMILES string of the molecule is C=CCOCC(O)COC(C)COC1C(OC)OCC(OC2OC[C@@H](C)C(O)C2OCC(C)OCC(O)COCCCC)C1O. The Balaban J connectivity index is 1.88. The summed E-state index contributed by atoms with van der Waals surface area (Å²) in [5, 5.41) is 42.2. The molecule has 0 saturated carbocycles. The molecule has 14 nitrogen and oxygen atoms in total. The average molecular weight is 655 g/mol. The second kappa shape index (κ2) is 22.7. The summed E-state index contributed by atoms with van der Waals surface area (Å²) in [7, 11) is 1.45. The van der Waals surface area contributed by atoms with Crippen molar-refractivity contribution < 1.29 is 67.8 Å². The van der Waals surface area contributed by atoms with E-state index in [0.29, 0.717) is 13.2 Å². The van der Waals surface area contributed by atoms with Crippen molar-refractivity contribution in [3.05, 3.63) is 12.7 Å². The normalized spacial score (nSPS) is 31.8. The van der Waals surface area contributed by atoms with E-state index in [0.717, 1.165) is 12.8 Å². The van der Waals surface area contributed by atoms with Crippen LogP contribution in [0.3, 0.4) is 0 Å². The van der Waals surface area contributed by atoms with Crippen LogP contribution in [0.15, 0.2) is 12.7 Å². The zero-order valence-electron chi connectivity index (χ0n) is 27.6. The number of unbranched alkanes of at least 4 members (excludes halogenated alkanes) is 1. The van der Waals surface area contributed by atoms with E-state index in [1.807, 2.05) is 6.92 Å². The lowest BCUT2D eigenvalue weighted by molar-refractivity contribution is -0.332. The zero-order chi connectivity index (χ0) is 33.2. The first kappa shape index (κ1) is 40.4. The highest BCUT2D eigenvalue weighted by atomic mass is 16.7. The lowest BCUT2D eigenvalue weighted by Gasteiger charge is -2.44. The molecule has 2 aliphatic heterocycles. The van der Waals surface area contributed by atoms with E-state index in [9.17, 15) is 20.4 Å². The maximum absolute atomic E-state index is 11.2. The summed E-state index contributed by atoms with van der Waals surface area (Å²) in [6, 6.07) is 0. The predicted molar refractivity (Wildman–Crippen MR) is 162 cm³/mol. The molecule has 2 aliphatic rings. The first-order chi connectivity index (χ1) is 21.6. The van der Waals surface area contributed by atoms with Gasteiger partial charge in [-0.25, -0.2) is 0 Å². The molecule has 45 heavy (non-hydrogen) atoms. The van der Waals surface area contributed by atoms with Gasteiger partial charge < -0.3 is 67.8 Å². The van der Waals surface area contributed by atoms with Gasteiger partial charge in [0.25, 0.3) is 0 Å². The fourth-order valence-electron chi connectivity index (χ4n) is 4.64. The number of methoxy groups -OCH3 is 1. The highest BCUT2D eigenvalue weighted by molar-refractivity contribution is 4.89.